The Labute approximate surface area is 153 Å². The monoisotopic (exact) mass is 408 g/mol. The third kappa shape index (κ3) is 5.56. The molecule has 25 heavy (non-hydrogen) atoms. The van der Waals surface area contributed by atoms with Crippen molar-refractivity contribution in [3.8, 4) is 0 Å². The first-order valence-electron chi connectivity index (χ1n) is 7.71. The fraction of sp³-hybridized carbons (Fsp3) is 0.222. The Kier molecular flexibility index (Phi) is 6.52. The van der Waals surface area contributed by atoms with Gasteiger partial charge in [-0.2, -0.15) is 0 Å². The molecule has 1 unspecified atom stereocenters. The number of hydrogen-bond acceptors (Lipinski definition) is 2. The van der Waals surface area contributed by atoms with Gasteiger partial charge in [0.05, 0.1) is 11.6 Å². The maximum absolute atomic E-state index is 13.5. The molecule has 0 radical (unpaired) electrons. The molecule has 5 nitrogen and oxygen atoms in total. The van der Waals surface area contributed by atoms with Crippen molar-refractivity contribution >= 4 is 27.9 Å². The molecule has 0 spiro atoms. The number of nitrogens with one attached hydrogen (secondary N) is 2. The number of hydrogen-bond donors (Lipinski definition) is 3. The van der Waals surface area contributed by atoms with E-state index in [-0.39, 0.29) is 24.0 Å². The smallest absolute Gasteiger partial charge is 0.335 e. The summed E-state index contributed by atoms with van der Waals surface area (Å²) in [6.45, 7) is 2.08. The van der Waals surface area contributed by atoms with Crippen molar-refractivity contribution in [2.24, 2.45) is 0 Å². The summed E-state index contributed by atoms with van der Waals surface area (Å²) < 4.78 is 14.1. The van der Waals surface area contributed by atoms with Crippen LogP contribution in [0.2, 0.25) is 0 Å². The predicted molar refractivity (Wildman–Crippen MR) is 95.9 cm³/mol. The van der Waals surface area contributed by atoms with E-state index < -0.39 is 12.0 Å². The van der Waals surface area contributed by atoms with Crippen LogP contribution < -0.4 is 10.6 Å². The van der Waals surface area contributed by atoms with Gasteiger partial charge in [0, 0.05) is 11.0 Å². The number of amides is 2. The first-order valence-corrected chi connectivity index (χ1v) is 8.51. The van der Waals surface area contributed by atoms with Gasteiger partial charge >= 0.3 is 12.0 Å². The molecule has 0 saturated heterocycles. The van der Waals surface area contributed by atoms with E-state index in [4.69, 9.17) is 5.11 Å². The fourth-order valence-electron chi connectivity index (χ4n) is 2.40. The molecule has 0 aliphatic rings. The van der Waals surface area contributed by atoms with Crippen molar-refractivity contribution in [2.45, 2.75) is 25.9 Å². The highest BCUT2D eigenvalue weighted by Gasteiger charge is 2.14. The summed E-state index contributed by atoms with van der Waals surface area (Å²) in [4.78, 5) is 23.1. The van der Waals surface area contributed by atoms with E-state index in [9.17, 15) is 14.0 Å². The number of halogens is 2. The Hall–Kier alpha value is -2.41. The molecule has 2 amide bonds. The molecule has 2 aromatic rings. The minimum atomic E-state index is -1.02. The van der Waals surface area contributed by atoms with Crippen LogP contribution in [0.5, 0.6) is 0 Å². The topological polar surface area (TPSA) is 78.4 Å². The second-order valence-electron chi connectivity index (χ2n) is 5.50. The molecule has 0 fully saturated rings. The lowest BCUT2D eigenvalue weighted by molar-refractivity contribution is 0.0696. The Balaban J connectivity index is 1.98. The van der Waals surface area contributed by atoms with Gasteiger partial charge in [-0.05, 0) is 47.9 Å². The lowest BCUT2D eigenvalue weighted by Crippen LogP contribution is -2.37. The van der Waals surface area contributed by atoms with Crippen LogP contribution >= 0.6 is 15.9 Å². The zero-order chi connectivity index (χ0) is 18.4. The van der Waals surface area contributed by atoms with Crippen molar-refractivity contribution in [2.75, 3.05) is 0 Å². The van der Waals surface area contributed by atoms with E-state index in [1.54, 1.807) is 18.2 Å². The fourth-order valence-corrected chi connectivity index (χ4v) is 2.89. The maximum Gasteiger partial charge on any atom is 0.335 e. The molecule has 2 rings (SSSR count). The number of rotatable bonds is 6. The molecular formula is C18H18BrFN2O3. The molecule has 1 atom stereocenters. The molecule has 132 valence electrons. The number of carboxylic acid groups (broad SMARTS) is 1. The number of carbonyl (C=O) groups is 2. The molecule has 0 aliphatic heterocycles. The van der Waals surface area contributed by atoms with Crippen LogP contribution in [-0.2, 0) is 6.54 Å². The third-order valence-corrected chi connectivity index (χ3v) is 4.09. The second kappa shape index (κ2) is 8.62. The van der Waals surface area contributed by atoms with Crippen LogP contribution in [0, 0.1) is 5.82 Å². The minimum Gasteiger partial charge on any atom is -0.478 e. The molecule has 3 N–H and O–H groups in total. The normalized spacial score (nSPS) is 11.6. The SMILES string of the molecule is CCC(NC(=O)NCc1cccc(C(=O)O)c1)c1cc(F)cc(Br)c1. The molecule has 0 aliphatic carbocycles. The lowest BCUT2D eigenvalue weighted by atomic mass is 10.0. The van der Waals surface area contributed by atoms with Crippen molar-refractivity contribution in [3.05, 3.63) is 69.4 Å². The van der Waals surface area contributed by atoms with Gasteiger partial charge in [-0.1, -0.05) is 35.0 Å². The van der Waals surface area contributed by atoms with Crippen molar-refractivity contribution in [3.63, 3.8) is 0 Å². The van der Waals surface area contributed by atoms with Gasteiger partial charge in [0.2, 0.25) is 0 Å². The maximum atomic E-state index is 13.5. The third-order valence-electron chi connectivity index (χ3n) is 3.63. The summed E-state index contributed by atoms with van der Waals surface area (Å²) in [5.74, 6) is -1.40. The van der Waals surface area contributed by atoms with Gasteiger partial charge < -0.3 is 15.7 Å². The van der Waals surface area contributed by atoms with Gasteiger partial charge in [-0.15, -0.1) is 0 Å². The average Bonchev–Trinajstić information content (AvgIpc) is 2.57. The molecule has 2 aromatic carbocycles. The quantitative estimate of drug-likeness (QED) is 0.668. The summed E-state index contributed by atoms with van der Waals surface area (Å²) >= 11 is 3.24. The average molecular weight is 409 g/mol. The Morgan fingerprint density at radius 1 is 1.24 bits per heavy atom. The summed E-state index contributed by atoms with van der Waals surface area (Å²) in [5.41, 5.74) is 1.50. The van der Waals surface area contributed by atoms with Crippen molar-refractivity contribution < 1.29 is 19.1 Å². The molecule has 7 heteroatoms. The lowest BCUT2D eigenvalue weighted by Gasteiger charge is -2.18. The van der Waals surface area contributed by atoms with Crippen LogP contribution in [0.1, 0.15) is 40.9 Å². The summed E-state index contributed by atoms with van der Waals surface area (Å²) in [6, 6.07) is 10.1. The van der Waals surface area contributed by atoms with E-state index >= 15 is 0 Å². The van der Waals surface area contributed by atoms with Crippen LogP contribution in [0.25, 0.3) is 0 Å². The van der Waals surface area contributed by atoms with Gasteiger partial charge in [0.25, 0.3) is 0 Å². The summed E-state index contributed by atoms with van der Waals surface area (Å²) in [5, 5.41) is 14.4. The largest absolute Gasteiger partial charge is 0.478 e. The van der Waals surface area contributed by atoms with Crippen LogP contribution in [0.3, 0.4) is 0 Å². The second-order valence-corrected chi connectivity index (χ2v) is 6.41. The van der Waals surface area contributed by atoms with Crippen LogP contribution in [0.4, 0.5) is 9.18 Å². The van der Waals surface area contributed by atoms with E-state index in [2.05, 4.69) is 26.6 Å². The standard InChI is InChI=1S/C18H18BrFN2O3/c1-2-16(13-7-14(19)9-15(20)8-13)22-18(25)21-10-11-4-3-5-12(6-11)17(23)24/h3-9,16H,2,10H2,1H3,(H,23,24)(H2,21,22,25). The molecule has 0 bridgehead atoms. The first-order chi connectivity index (χ1) is 11.9. The molecule has 0 heterocycles. The number of benzene rings is 2. The zero-order valence-corrected chi connectivity index (χ0v) is 15.1. The Morgan fingerprint density at radius 3 is 2.64 bits per heavy atom. The highest BCUT2D eigenvalue weighted by atomic mass is 79.9. The highest BCUT2D eigenvalue weighted by Crippen LogP contribution is 2.22. The molecule has 0 aromatic heterocycles. The number of carboxylic acids is 1. The van der Waals surface area contributed by atoms with Gasteiger partial charge in [0.15, 0.2) is 0 Å². The molecule has 0 saturated carbocycles. The van der Waals surface area contributed by atoms with Crippen LogP contribution in [-0.4, -0.2) is 17.1 Å². The van der Waals surface area contributed by atoms with Gasteiger partial charge in [-0.25, -0.2) is 14.0 Å². The van der Waals surface area contributed by atoms with E-state index in [0.717, 1.165) is 0 Å². The first kappa shape index (κ1) is 18.9. The number of aromatic carboxylic acids is 1. The summed E-state index contributed by atoms with van der Waals surface area (Å²) in [6.07, 6.45) is 0.595. The Bertz CT molecular complexity index is 762. The van der Waals surface area contributed by atoms with Gasteiger partial charge in [0.1, 0.15) is 5.82 Å². The van der Waals surface area contributed by atoms with E-state index in [0.29, 0.717) is 22.0 Å². The van der Waals surface area contributed by atoms with Crippen molar-refractivity contribution in [1.82, 2.24) is 10.6 Å². The van der Waals surface area contributed by atoms with Gasteiger partial charge in [-0.3, -0.25) is 0 Å². The summed E-state index contributed by atoms with van der Waals surface area (Å²) in [7, 11) is 0. The number of urea groups is 1. The van der Waals surface area contributed by atoms with Crippen LogP contribution in [0.15, 0.2) is 46.9 Å². The highest BCUT2D eigenvalue weighted by molar-refractivity contribution is 9.10. The Morgan fingerprint density at radius 2 is 2.00 bits per heavy atom. The minimum absolute atomic E-state index is 0.163. The van der Waals surface area contributed by atoms with E-state index in [1.165, 1.54) is 24.3 Å². The zero-order valence-electron chi connectivity index (χ0n) is 13.6. The predicted octanol–water partition coefficient (Wildman–Crippen LogP) is 4.24. The number of carbonyl (C=O) groups excluding carboxylic acids is 1. The molecular weight excluding hydrogens is 391 g/mol. The van der Waals surface area contributed by atoms with E-state index in [1.807, 2.05) is 6.92 Å². The van der Waals surface area contributed by atoms with Crippen molar-refractivity contribution in [1.29, 1.82) is 0 Å².